The zero-order valence-corrected chi connectivity index (χ0v) is 7.66. The molecule has 0 aliphatic carbocycles. The SMILES string of the molecule is CNCc1ccc(/C=C/C=O)cc1. The number of aldehydes is 1. The summed E-state index contributed by atoms with van der Waals surface area (Å²) in [6.45, 7) is 0.873. The molecule has 1 N–H and O–H groups in total. The Morgan fingerprint density at radius 3 is 2.54 bits per heavy atom. The highest BCUT2D eigenvalue weighted by molar-refractivity contribution is 5.73. The van der Waals surface area contributed by atoms with Crippen LogP contribution >= 0.6 is 0 Å². The van der Waals surface area contributed by atoms with Crippen LogP contribution < -0.4 is 5.32 Å². The molecule has 0 aromatic heterocycles. The first kappa shape index (κ1) is 9.68. The average molecular weight is 175 g/mol. The number of allylic oxidation sites excluding steroid dienone is 1. The quantitative estimate of drug-likeness (QED) is 0.556. The number of hydrogen-bond donors (Lipinski definition) is 1. The van der Waals surface area contributed by atoms with Crippen LogP contribution in [0.4, 0.5) is 0 Å². The van der Waals surface area contributed by atoms with Crippen LogP contribution in [-0.4, -0.2) is 13.3 Å². The van der Waals surface area contributed by atoms with E-state index in [1.54, 1.807) is 6.08 Å². The van der Waals surface area contributed by atoms with Crippen LogP contribution in [-0.2, 0) is 11.3 Å². The van der Waals surface area contributed by atoms with E-state index in [0.29, 0.717) is 0 Å². The van der Waals surface area contributed by atoms with Crippen molar-refractivity contribution < 1.29 is 4.79 Å². The number of hydrogen-bond acceptors (Lipinski definition) is 2. The van der Waals surface area contributed by atoms with Gasteiger partial charge < -0.3 is 5.32 Å². The zero-order chi connectivity index (χ0) is 9.52. The third-order valence-corrected chi connectivity index (χ3v) is 1.73. The van der Waals surface area contributed by atoms with Crippen molar-refractivity contribution in [3.05, 3.63) is 41.5 Å². The van der Waals surface area contributed by atoms with Gasteiger partial charge in [-0.1, -0.05) is 30.3 Å². The van der Waals surface area contributed by atoms with Crippen molar-refractivity contribution >= 4 is 12.4 Å². The lowest BCUT2D eigenvalue weighted by Gasteiger charge is -1.99. The highest BCUT2D eigenvalue weighted by atomic mass is 16.1. The van der Waals surface area contributed by atoms with Gasteiger partial charge in [-0.05, 0) is 24.3 Å². The summed E-state index contributed by atoms with van der Waals surface area (Å²) in [6, 6.07) is 8.07. The molecule has 0 spiro atoms. The van der Waals surface area contributed by atoms with Crippen LogP contribution in [0.1, 0.15) is 11.1 Å². The summed E-state index contributed by atoms with van der Waals surface area (Å²) in [5.41, 5.74) is 2.29. The van der Waals surface area contributed by atoms with E-state index in [1.807, 2.05) is 31.3 Å². The van der Waals surface area contributed by atoms with Crippen molar-refractivity contribution in [3.63, 3.8) is 0 Å². The van der Waals surface area contributed by atoms with Crippen LogP contribution in [0.2, 0.25) is 0 Å². The molecular formula is C11H13NO. The maximum absolute atomic E-state index is 10.1. The van der Waals surface area contributed by atoms with E-state index in [0.717, 1.165) is 18.4 Å². The number of nitrogens with one attached hydrogen (secondary N) is 1. The fourth-order valence-electron chi connectivity index (χ4n) is 1.10. The van der Waals surface area contributed by atoms with Gasteiger partial charge >= 0.3 is 0 Å². The predicted molar refractivity (Wildman–Crippen MR) is 54.3 cm³/mol. The summed E-state index contributed by atoms with van der Waals surface area (Å²) in [5.74, 6) is 0. The molecule has 13 heavy (non-hydrogen) atoms. The van der Waals surface area contributed by atoms with E-state index in [9.17, 15) is 4.79 Å². The second kappa shape index (κ2) is 5.27. The first-order valence-corrected chi connectivity index (χ1v) is 4.22. The Morgan fingerprint density at radius 2 is 2.00 bits per heavy atom. The predicted octanol–water partition coefficient (Wildman–Crippen LogP) is 1.62. The Hall–Kier alpha value is -1.41. The zero-order valence-electron chi connectivity index (χ0n) is 7.66. The Labute approximate surface area is 78.3 Å². The topological polar surface area (TPSA) is 29.1 Å². The molecule has 0 atom stereocenters. The molecule has 2 heteroatoms. The molecule has 0 aliphatic heterocycles. The second-order valence-corrected chi connectivity index (χ2v) is 2.77. The Balaban J connectivity index is 2.69. The van der Waals surface area contributed by atoms with Crippen molar-refractivity contribution in [1.29, 1.82) is 0 Å². The molecule has 0 unspecified atom stereocenters. The van der Waals surface area contributed by atoms with Crippen molar-refractivity contribution in [2.24, 2.45) is 0 Å². The van der Waals surface area contributed by atoms with Gasteiger partial charge in [-0.25, -0.2) is 0 Å². The van der Waals surface area contributed by atoms with Crippen LogP contribution in [0.25, 0.3) is 6.08 Å². The minimum absolute atomic E-state index is 0.779. The molecule has 0 aliphatic rings. The largest absolute Gasteiger partial charge is 0.316 e. The smallest absolute Gasteiger partial charge is 0.142 e. The van der Waals surface area contributed by atoms with Gasteiger partial charge in [0, 0.05) is 6.54 Å². The highest BCUT2D eigenvalue weighted by Crippen LogP contribution is 2.05. The molecule has 0 saturated carbocycles. The minimum atomic E-state index is 0.779. The van der Waals surface area contributed by atoms with Gasteiger partial charge in [0.1, 0.15) is 6.29 Å². The Bertz CT molecular complexity index is 287. The molecule has 2 nitrogen and oxygen atoms in total. The number of carbonyl (C=O) groups excluding carboxylic acids is 1. The van der Waals surface area contributed by atoms with Crippen molar-refractivity contribution in [1.82, 2.24) is 5.32 Å². The molecule has 68 valence electrons. The van der Waals surface area contributed by atoms with Gasteiger partial charge in [-0.15, -0.1) is 0 Å². The highest BCUT2D eigenvalue weighted by Gasteiger charge is 1.89. The molecule has 0 fully saturated rings. The van der Waals surface area contributed by atoms with Crippen LogP contribution in [0, 0.1) is 0 Å². The summed E-state index contributed by atoms with van der Waals surface area (Å²) < 4.78 is 0. The standard InChI is InChI=1S/C11H13NO/c1-12-9-11-6-4-10(5-7-11)3-2-8-13/h2-8,12H,9H2,1H3/b3-2+. The second-order valence-electron chi connectivity index (χ2n) is 2.77. The van der Waals surface area contributed by atoms with Gasteiger partial charge in [0.25, 0.3) is 0 Å². The normalized spacial score (nSPS) is 10.5. The molecule has 1 aromatic rings. The van der Waals surface area contributed by atoms with Gasteiger partial charge in [0.05, 0.1) is 0 Å². The Morgan fingerprint density at radius 1 is 1.31 bits per heavy atom. The maximum atomic E-state index is 10.1. The number of benzene rings is 1. The minimum Gasteiger partial charge on any atom is -0.316 e. The summed E-state index contributed by atoms with van der Waals surface area (Å²) in [4.78, 5) is 10.1. The molecular weight excluding hydrogens is 162 g/mol. The van der Waals surface area contributed by atoms with E-state index in [-0.39, 0.29) is 0 Å². The van der Waals surface area contributed by atoms with Crippen molar-refractivity contribution in [2.45, 2.75) is 6.54 Å². The third-order valence-electron chi connectivity index (χ3n) is 1.73. The summed E-state index contributed by atoms with van der Waals surface area (Å²) in [6.07, 6.45) is 4.06. The lowest BCUT2D eigenvalue weighted by molar-refractivity contribution is -0.104. The van der Waals surface area contributed by atoms with Gasteiger partial charge in [0.15, 0.2) is 0 Å². The fraction of sp³-hybridized carbons (Fsp3) is 0.182. The van der Waals surface area contributed by atoms with E-state index in [1.165, 1.54) is 11.6 Å². The third kappa shape index (κ3) is 3.22. The van der Waals surface area contributed by atoms with Crippen molar-refractivity contribution in [3.8, 4) is 0 Å². The molecule has 0 amide bonds. The fourth-order valence-corrected chi connectivity index (χ4v) is 1.10. The van der Waals surface area contributed by atoms with Gasteiger partial charge in [0.2, 0.25) is 0 Å². The molecule has 1 rings (SSSR count). The van der Waals surface area contributed by atoms with E-state index >= 15 is 0 Å². The van der Waals surface area contributed by atoms with Gasteiger partial charge in [-0.2, -0.15) is 0 Å². The van der Waals surface area contributed by atoms with Crippen LogP contribution in [0.15, 0.2) is 30.3 Å². The summed E-state index contributed by atoms with van der Waals surface area (Å²) in [7, 11) is 1.92. The van der Waals surface area contributed by atoms with Crippen molar-refractivity contribution in [2.75, 3.05) is 7.05 Å². The molecule has 1 aromatic carbocycles. The average Bonchev–Trinajstić information content (AvgIpc) is 2.17. The van der Waals surface area contributed by atoms with Crippen LogP contribution in [0.5, 0.6) is 0 Å². The number of rotatable bonds is 4. The van der Waals surface area contributed by atoms with E-state index in [4.69, 9.17) is 0 Å². The van der Waals surface area contributed by atoms with E-state index < -0.39 is 0 Å². The Kier molecular flexibility index (Phi) is 3.93. The summed E-state index contributed by atoms with van der Waals surface area (Å²) in [5, 5.41) is 3.07. The number of carbonyl (C=O) groups is 1. The van der Waals surface area contributed by atoms with Crippen LogP contribution in [0.3, 0.4) is 0 Å². The van der Waals surface area contributed by atoms with E-state index in [2.05, 4.69) is 5.32 Å². The summed E-state index contributed by atoms with van der Waals surface area (Å²) >= 11 is 0. The molecule has 0 heterocycles. The molecule has 0 bridgehead atoms. The molecule has 0 radical (unpaired) electrons. The maximum Gasteiger partial charge on any atom is 0.142 e. The lowest BCUT2D eigenvalue weighted by Crippen LogP contribution is -2.04. The first-order chi connectivity index (χ1) is 6.36. The molecule has 0 saturated heterocycles. The lowest BCUT2D eigenvalue weighted by atomic mass is 10.1. The monoisotopic (exact) mass is 175 g/mol. The van der Waals surface area contributed by atoms with Gasteiger partial charge in [-0.3, -0.25) is 4.79 Å². The first-order valence-electron chi connectivity index (χ1n) is 4.22.